The average Bonchev–Trinajstić information content (AvgIpc) is 2.34. The molecule has 0 fully saturated rings. The highest BCUT2D eigenvalue weighted by Gasteiger charge is 2.12. The summed E-state index contributed by atoms with van der Waals surface area (Å²) < 4.78 is 0. The minimum Gasteiger partial charge on any atom is -0.507 e. The number of nitrogens with one attached hydrogen (secondary N) is 1. The third-order valence-electron chi connectivity index (χ3n) is 2.55. The molecular weight excluding hydrogens is 230 g/mol. The summed E-state index contributed by atoms with van der Waals surface area (Å²) in [7, 11) is 0. The van der Waals surface area contributed by atoms with Crippen molar-refractivity contribution in [2.24, 2.45) is 0 Å². The predicted octanol–water partition coefficient (Wildman–Crippen LogP) is 2.66. The van der Waals surface area contributed by atoms with Crippen molar-refractivity contribution in [3.63, 3.8) is 0 Å². The maximum Gasteiger partial charge on any atom is 0.259 e. The van der Waals surface area contributed by atoms with E-state index in [1.54, 1.807) is 24.3 Å². The van der Waals surface area contributed by atoms with Crippen molar-refractivity contribution in [2.45, 2.75) is 6.92 Å². The van der Waals surface area contributed by atoms with Gasteiger partial charge in [-0.05, 0) is 36.8 Å². The summed E-state index contributed by atoms with van der Waals surface area (Å²) in [5, 5.41) is 21.7. The van der Waals surface area contributed by atoms with Crippen LogP contribution in [0.1, 0.15) is 15.9 Å². The second-order valence-corrected chi connectivity index (χ2v) is 3.99. The van der Waals surface area contributed by atoms with Gasteiger partial charge in [0.1, 0.15) is 11.5 Å². The van der Waals surface area contributed by atoms with Crippen molar-refractivity contribution < 1.29 is 15.0 Å². The van der Waals surface area contributed by atoms with Crippen molar-refractivity contribution in [1.29, 1.82) is 0 Å². The molecule has 0 spiro atoms. The molecule has 92 valence electrons. The zero-order chi connectivity index (χ0) is 13.1. The fourth-order valence-corrected chi connectivity index (χ4v) is 1.61. The van der Waals surface area contributed by atoms with E-state index in [-0.39, 0.29) is 17.1 Å². The molecule has 3 N–H and O–H groups in total. The first-order valence-electron chi connectivity index (χ1n) is 5.47. The zero-order valence-electron chi connectivity index (χ0n) is 9.84. The van der Waals surface area contributed by atoms with E-state index in [0.717, 1.165) is 5.56 Å². The molecule has 0 aliphatic heterocycles. The number of rotatable bonds is 2. The molecule has 2 aromatic carbocycles. The van der Waals surface area contributed by atoms with Gasteiger partial charge in [-0.1, -0.05) is 18.2 Å². The Kier molecular flexibility index (Phi) is 3.19. The van der Waals surface area contributed by atoms with Crippen LogP contribution in [0.2, 0.25) is 0 Å². The summed E-state index contributed by atoms with van der Waals surface area (Å²) in [5.74, 6) is -0.569. The van der Waals surface area contributed by atoms with Crippen molar-refractivity contribution in [2.75, 3.05) is 5.32 Å². The van der Waals surface area contributed by atoms with Gasteiger partial charge in [0.2, 0.25) is 0 Å². The molecule has 0 radical (unpaired) electrons. The van der Waals surface area contributed by atoms with Gasteiger partial charge < -0.3 is 15.5 Å². The highest BCUT2D eigenvalue weighted by molar-refractivity contribution is 6.06. The maximum atomic E-state index is 11.9. The molecule has 0 aromatic heterocycles. The summed E-state index contributed by atoms with van der Waals surface area (Å²) in [6, 6.07) is 11.2. The van der Waals surface area contributed by atoms with Crippen LogP contribution in [0.15, 0.2) is 42.5 Å². The maximum absolute atomic E-state index is 11.9. The number of benzene rings is 2. The standard InChI is InChI=1S/C14H13NO3/c1-9-6-7-13(17)11(8-9)15-14(18)10-4-2-3-5-12(10)16/h2-8,16-17H,1H3,(H,15,18). The largest absolute Gasteiger partial charge is 0.507 e. The van der Waals surface area contributed by atoms with Crippen LogP contribution in [-0.4, -0.2) is 16.1 Å². The third-order valence-corrected chi connectivity index (χ3v) is 2.55. The van der Waals surface area contributed by atoms with Crippen LogP contribution < -0.4 is 5.32 Å². The normalized spacial score (nSPS) is 10.1. The Bertz CT molecular complexity index is 593. The number of carbonyl (C=O) groups is 1. The molecule has 4 nitrogen and oxygen atoms in total. The topological polar surface area (TPSA) is 69.6 Å². The summed E-state index contributed by atoms with van der Waals surface area (Å²) >= 11 is 0. The third kappa shape index (κ3) is 2.43. The number of hydrogen-bond acceptors (Lipinski definition) is 3. The molecule has 2 rings (SSSR count). The molecule has 4 heteroatoms. The lowest BCUT2D eigenvalue weighted by atomic mass is 10.1. The fraction of sp³-hybridized carbons (Fsp3) is 0.0714. The number of aromatic hydroxyl groups is 2. The Hall–Kier alpha value is -2.49. The Morgan fingerprint density at radius 3 is 2.50 bits per heavy atom. The van der Waals surface area contributed by atoms with E-state index < -0.39 is 5.91 Å². The van der Waals surface area contributed by atoms with Gasteiger partial charge in [0.05, 0.1) is 11.3 Å². The number of anilines is 1. The predicted molar refractivity (Wildman–Crippen MR) is 68.9 cm³/mol. The van der Waals surface area contributed by atoms with E-state index in [1.807, 2.05) is 6.92 Å². The summed E-state index contributed by atoms with van der Waals surface area (Å²) in [4.78, 5) is 11.9. The molecule has 0 unspecified atom stereocenters. The quantitative estimate of drug-likeness (QED) is 0.710. The van der Waals surface area contributed by atoms with Gasteiger partial charge in [-0.2, -0.15) is 0 Å². The number of carbonyl (C=O) groups excluding carboxylic acids is 1. The number of aryl methyl sites for hydroxylation is 1. The van der Waals surface area contributed by atoms with Crippen molar-refractivity contribution in [3.05, 3.63) is 53.6 Å². The monoisotopic (exact) mass is 243 g/mol. The van der Waals surface area contributed by atoms with Crippen LogP contribution >= 0.6 is 0 Å². The van der Waals surface area contributed by atoms with Crippen LogP contribution in [0.25, 0.3) is 0 Å². The number of hydrogen-bond donors (Lipinski definition) is 3. The van der Waals surface area contributed by atoms with E-state index >= 15 is 0 Å². The molecule has 0 aliphatic rings. The van der Waals surface area contributed by atoms with Crippen LogP contribution in [0, 0.1) is 6.92 Å². The van der Waals surface area contributed by atoms with Gasteiger partial charge in [-0.25, -0.2) is 0 Å². The van der Waals surface area contributed by atoms with Gasteiger partial charge in [0, 0.05) is 0 Å². The van der Waals surface area contributed by atoms with Crippen molar-refractivity contribution in [1.82, 2.24) is 0 Å². The first-order valence-corrected chi connectivity index (χ1v) is 5.47. The number of para-hydroxylation sites is 1. The molecule has 18 heavy (non-hydrogen) atoms. The molecule has 0 saturated heterocycles. The fourth-order valence-electron chi connectivity index (χ4n) is 1.61. The van der Waals surface area contributed by atoms with Crippen LogP contribution in [-0.2, 0) is 0 Å². The molecule has 0 heterocycles. The smallest absolute Gasteiger partial charge is 0.259 e. The van der Waals surface area contributed by atoms with Gasteiger partial charge in [0.25, 0.3) is 5.91 Å². The minimum atomic E-state index is -0.464. The molecular formula is C14H13NO3. The number of amides is 1. The lowest BCUT2D eigenvalue weighted by Crippen LogP contribution is -2.12. The lowest BCUT2D eigenvalue weighted by Gasteiger charge is -2.09. The molecule has 0 saturated carbocycles. The van der Waals surface area contributed by atoms with E-state index in [2.05, 4.69) is 5.32 Å². The van der Waals surface area contributed by atoms with Gasteiger partial charge in [-0.15, -0.1) is 0 Å². The van der Waals surface area contributed by atoms with Crippen molar-refractivity contribution in [3.8, 4) is 11.5 Å². The Morgan fingerprint density at radius 2 is 1.78 bits per heavy atom. The van der Waals surface area contributed by atoms with Crippen LogP contribution in [0.4, 0.5) is 5.69 Å². The van der Waals surface area contributed by atoms with Gasteiger partial charge >= 0.3 is 0 Å². The summed E-state index contributed by atoms with van der Waals surface area (Å²) in [6.45, 7) is 1.86. The minimum absolute atomic E-state index is 0.00984. The summed E-state index contributed by atoms with van der Waals surface area (Å²) in [5.41, 5.74) is 1.40. The van der Waals surface area contributed by atoms with E-state index in [4.69, 9.17) is 0 Å². The second kappa shape index (κ2) is 4.79. The van der Waals surface area contributed by atoms with E-state index in [1.165, 1.54) is 18.2 Å². The highest BCUT2D eigenvalue weighted by Crippen LogP contribution is 2.25. The Morgan fingerprint density at radius 1 is 1.06 bits per heavy atom. The number of phenolic OH excluding ortho intramolecular Hbond substituents is 2. The molecule has 1 amide bonds. The first kappa shape index (κ1) is 12.0. The SMILES string of the molecule is Cc1ccc(O)c(NC(=O)c2ccccc2O)c1. The summed E-state index contributed by atoms with van der Waals surface area (Å²) in [6.07, 6.45) is 0. The second-order valence-electron chi connectivity index (χ2n) is 3.99. The molecule has 0 atom stereocenters. The van der Waals surface area contributed by atoms with E-state index in [0.29, 0.717) is 5.69 Å². The first-order chi connectivity index (χ1) is 8.58. The Labute approximate surface area is 105 Å². The zero-order valence-corrected chi connectivity index (χ0v) is 9.84. The molecule has 0 bridgehead atoms. The lowest BCUT2D eigenvalue weighted by molar-refractivity contribution is 0.102. The van der Waals surface area contributed by atoms with Gasteiger partial charge in [-0.3, -0.25) is 4.79 Å². The van der Waals surface area contributed by atoms with Crippen LogP contribution in [0.5, 0.6) is 11.5 Å². The number of phenols is 2. The molecule has 0 aliphatic carbocycles. The van der Waals surface area contributed by atoms with E-state index in [9.17, 15) is 15.0 Å². The van der Waals surface area contributed by atoms with Crippen molar-refractivity contribution >= 4 is 11.6 Å². The Balaban J connectivity index is 2.27. The van der Waals surface area contributed by atoms with Crippen LogP contribution in [0.3, 0.4) is 0 Å². The highest BCUT2D eigenvalue weighted by atomic mass is 16.3. The average molecular weight is 243 g/mol. The molecule has 2 aromatic rings. The van der Waals surface area contributed by atoms with Gasteiger partial charge in [0.15, 0.2) is 0 Å².